The van der Waals surface area contributed by atoms with Gasteiger partial charge >= 0.3 is 0 Å². The second-order valence-electron chi connectivity index (χ2n) is 5.68. The molecule has 3 nitrogen and oxygen atoms in total. The predicted octanol–water partition coefficient (Wildman–Crippen LogP) is 3.39. The second-order valence-corrected chi connectivity index (χ2v) is 5.68. The van der Waals surface area contributed by atoms with Gasteiger partial charge in [0.15, 0.2) is 6.29 Å². The van der Waals surface area contributed by atoms with E-state index in [1.165, 1.54) is 0 Å². The lowest BCUT2D eigenvalue weighted by molar-refractivity contribution is -0.142. The Balaban J connectivity index is 4.11. The molecule has 0 aliphatic rings. The summed E-state index contributed by atoms with van der Waals surface area (Å²) >= 11 is 0. The van der Waals surface area contributed by atoms with E-state index in [0.717, 1.165) is 39.3 Å². The summed E-state index contributed by atoms with van der Waals surface area (Å²) in [6, 6.07) is 0. The Kier molecular flexibility index (Phi) is 10.7. The Morgan fingerprint density at radius 3 is 1.61 bits per heavy atom. The second kappa shape index (κ2) is 10.8. The van der Waals surface area contributed by atoms with Gasteiger partial charge in [0.25, 0.3) is 0 Å². The Bertz CT molecular complexity index is 167. The molecule has 3 heteroatoms. The van der Waals surface area contributed by atoms with E-state index in [4.69, 9.17) is 9.47 Å². The van der Waals surface area contributed by atoms with Gasteiger partial charge < -0.3 is 14.4 Å². The molecule has 0 radical (unpaired) electrons. The molecule has 0 bridgehead atoms. The molecule has 0 aromatic rings. The highest BCUT2D eigenvalue weighted by Gasteiger charge is 2.13. The van der Waals surface area contributed by atoms with Gasteiger partial charge in [0.1, 0.15) is 0 Å². The van der Waals surface area contributed by atoms with Crippen LogP contribution in [-0.4, -0.2) is 44.0 Å². The van der Waals surface area contributed by atoms with E-state index < -0.39 is 0 Å². The van der Waals surface area contributed by atoms with Gasteiger partial charge in [0.05, 0.1) is 0 Å². The summed E-state index contributed by atoms with van der Waals surface area (Å²) in [5, 5.41) is 0. The number of hydrogen-bond acceptors (Lipinski definition) is 3. The Morgan fingerprint density at radius 1 is 0.833 bits per heavy atom. The van der Waals surface area contributed by atoms with E-state index in [1.54, 1.807) is 0 Å². The summed E-state index contributed by atoms with van der Waals surface area (Å²) in [5.41, 5.74) is 0. The minimum absolute atomic E-state index is 0.0400. The SMILES string of the molecule is CCOC(CCN(CC(C)C)CC(C)C)OCC. The maximum Gasteiger partial charge on any atom is 0.158 e. The fourth-order valence-electron chi connectivity index (χ4n) is 2.16. The first kappa shape index (κ1) is 17.9. The minimum atomic E-state index is -0.0400. The highest BCUT2D eigenvalue weighted by atomic mass is 16.7. The maximum atomic E-state index is 5.59. The first-order valence-corrected chi connectivity index (χ1v) is 7.45. The normalized spacial score (nSPS) is 12.3. The molecular formula is C15H33NO2. The summed E-state index contributed by atoms with van der Waals surface area (Å²) < 4.78 is 11.2. The average molecular weight is 259 g/mol. The first-order valence-electron chi connectivity index (χ1n) is 7.45. The molecule has 0 saturated carbocycles. The van der Waals surface area contributed by atoms with Gasteiger partial charge in [-0.05, 0) is 25.7 Å². The van der Waals surface area contributed by atoms with Gasteiger partial charge in [0.2, 0.25) is 0 Å². The van der Waals surface area contributed by atoms with E-state index in [-0.39, 0.29) is 6.29 Å². The zero-order valence-electron chi connectivity index (χ0n) is 13.2. The molecule has 0 fully saturated rings. The van der Waals surface area contributed by atoms with Crippen molar-refractivity contribution in [3.8, 4) is 0 Å². The number of nitrogens with zero attached hydrogens (tertiary/aromatic N) is 1. The van der Waals surface area contributed by atoms with Crippen LogP contribution in [0.3, 0.4) is 0 Å². The van der Waals surface area contributed by atoms with Crippen molar-refractivity contribution in [2.45, 2.75) is 54.3 Å². The van der Waals surface area contributed by atoms with E-state index in [0.29, 0.717) is 11.8 Å². The maximum absolute atomic E-state index is 5.59. The number of rotatable bonds is 11. The third-order valence-electron chi connectivity index (χ3n) is 2.63. The molecule has 0 heterocycles. The van der Waals surface area contributed by atoms with Crippen molar-refractivity contribution in [1.82, 2.24) is 4.90 Å². The standard InChI is InChI=1S/C15H33NO2/c1-7-17-15(18-8-2)9-10-16(11-13(3)4)12-14(5)6/h13-15H,7-12H2,1-6H3. The van der Waals surface area contributed by atoms with Crippen LogP contribution in [0.2, 0.25) is 0 Å². The zero-order chi connectivity index (χ0) is 14.0. The summed E-state index contributed by atoms with van der Waals surface area (Å²) in [5.74, 6) is 1.42. The highest BCUT2D eigenvalue weighted by Crippen LogP contribution is 2.08. The van der Waals surface area contributed by atoms with Crippen molar-refractivity contribution < 1.29 is 9.47 Å². The van der Waals surface area contributed by atoms with Crippen LogP contribution in [0.25, 0.3) is 0 Å². The summed E-state index contributed by atoms with van der Waals surface area (Å²) in [7, 11) is 0. The molecule has 0 aliphatic heterocycles. The van der Waals surface area contributed by atoms with Crippen LogP contribution in [0, 0.1) is 11.8 Å². The van der Waals surface area contributed by atoms with Gasteiger partial charge in [-0.2, -0.15) is 0 Å². The summed E-state index contributed by atoms with van der Waals surface area (Å²) in [6.07, 6.45) is 0.919. The molecule has 0 atom stereocenters. The minimum Gasteiger partial charge on any atom is -0.353 e. The molecule has 0 unspecified atom stereocenters. The van der Waals surface area contributed by atoms with Gasteiger partial charge in [-0.15, -0.1) is 0 Å². The summed E-state index contributed by atoms with van der Waals surface area (Å²) in [6.45, 7) is 17.9. The van der Waals surface area contributed by atoms with Crippen molar-refractivity contribution >= 4 is 0 Å². The van der Waals surface area contributed by atoms with Crippen molar-refractivity contribution in [3.05, 3.63) is 0 Å². The molecule has 0 amide bonds. The van der Waals surface area contributed by atoms with Gasteiger partial charge in [-0.1, -0.05) is 27.7 Å². The molecule has 0 N–H and O–H groups in total. The third kappa shape index (κ3) is 9.86. The molecular weight excluding hydrogens is 226 g/mol. The van der Waals surface area contributed by atoms with Gasteiger partial charge in [-0.3, -0.25) is 0 Å². The van der Waals surface area contributed by atoms with Crippen LogP contribution < -0.4 is 0 Å². The van der Waals surface area contributed by atoms with Crippen LogP contribution in [0.4, 0.5) is 0 Å². The van der Waals surface area contributed by atoms with Crippen LogP contribution in [-0.2, 0) is 9.47 Å². The molecule has 0 spiro atoms. The third-order valence-corrected chi connectivity index (χ3v) is 2.63. The zero-order valence-corrected chi connectivity index (χ0v) is 13.2. The van der Waals surface area contributed by atoms with E-state index in [1.807, 2.05) is 13.8 Å². The lowest BCUT2D eigenvalue weighted by atomic mass is 10.1. The van der Waals surface area contributed by atoms with Crippen LogP contribution in [0.15, 0.2) is 0 Å². The lowest BCUT2D eigenvalue weighted by Crippen LogP contribution is -2.34. The number of ether oxygens (including phenoxy) is 2. The van der Waals surface area contributed by atoms with E-state index >= 15 is 0 Å². The topological polar surface area (TPSA) is 21.7 Å². The molecule has 0 aromatic heterocycles. The lowest BCUT2D eigenvalue weighted by Gasteiger charge is -2.28. The van der Waals surface area contributed by atoms with Crippen molar-refractivity contribution in [2.75, 3.05) is 32.8 Å². The first-order chi connectivity index (χ1) is 8.49. The average Bonchev–Trinajstić information content (AvgIpc) is 2.24. The highest BCUT2D eigenvalue weighted by molar-refractivity contribution is 4.63. The Morgan fingerprint density at radius 2 is 1.28 bits per heavy atom. The quantitative estimate of drug-likeness (QED) is 0.531. The fraction of sp³-hybridized carbons (Fsp3) is 1.00. The largest absolute Gasteiger partial charge is 0.353 e. The van der Waals surface area contributed by atoms with Crippen molar-refractivity contribution in [2.24, 2.45) is 11.8 Å². The monoisotopic (exact) mass is 259 g/mol. The fourth-order valence-corrected chi connectivity index (χ4v) is 2.16. The van der Waals surface area contributed by atoms with Crippen LogP contribution in [0.5, 0.6) is 0 Å². The summed E-state index contributed by atoms with van der Waals surface area (Å²) in [4.78, 5) is 2.53. The molecule has 0 rings (SSSR count). The molecule has 0 aliphatic carbocycles. The van der Waals surface area contributed by atoms with Gasteiger partial charge in [0, 0.05) is 39.3 Å². The molecule has 18 heavy (non-hydrogen) atoms. The Labute approximate surface area is 114 Å². The van der Waals surface area contributed by atoms with E-state index in [2.05, 4.69) is 32.6 Å². The van der Waals surface area contributed by atoms with Crippen molar-refractivity contribution in [3.63, 3.8) is 0 Å². The Hall–Kier alpha value is -0.120. The van der Waals surface area contributed by atoms with Crippen LogP contribution in [0.1, 0.15) is 48.0 Å². The predicted molar refractivity (Wildman–Crippen MR) is 77.8 cm³/mol. The van der Waals surface area contributed by atoms with E-state index in [9.17, 15) is 0 Å². The smallest absolute Gasteiger partial charge is 0.158 e. The number of hydrogen-bond donors (Lipinski definition) is 0. The molecule has 0 saturated heterocycles. The van der Waals surface area contributed by atoms with Crippen molar-refractivity contribution in [1.29, 1.82) is 0 Å². The molecule has 110 valence electrons. The van der Waals surface area contributed by atoms with Crippen LogP contribution >= 0.6 is 0 Å². The molecule has 0 aromatic carbocycles. The van der Waals surface area contributed by atoms with Gasteiger partial charge in [-0.25, -0.2) is 0 Å².